The first-order valence-electron chi connectivity index (χ1n) is 7.41. The summed E-state index contributed by atoms with van der Waals surface area (Å²) in [5.74, 6) is 0.506. The fourth-order valence-corrected chi connectivity index (χ4v) is 2.96. The van der Waals surface area contributed by atoms with E-state index >= 15 is 0 Å². The summed E-state index contributed by atoms with van der Waals surface area (Å²) in [7, 11) is 0. The number of hydrogen-bond acceptors (Lipinski definition) is 7. The summed E-state index contributed by atoms with van der Waals surface area (Å²) in [5, 5.41) is 18.4. The highest BCUT2D eigenvalue weighted by Crippen LogP contribution is 2.23. The molecule has 2 aromatic rings. The van der Waals surface area contributed by atoms with Crippen LogP contribution in [0.2, 0.25) is 0 Å². The van der Waals surface area contributed by atoms with Crippen molar-refractivity contribution in [3.63, 3.8) is 0 Å². The molecule has 1 atom stereocenters. The molecule has 6 nitrogen and oxygen atoms in total. The van der Waals surface area contributed by atoms with Crippen LogP contribution in [0.3, 0.4) is 0 Å². The smallest absolute Gasteiger partial charge is 0.276 e. The van der Waals surface area contributed by atoms with Gasteiger partial charge in [0.1, 0.15) is 5.82 Å². The molecule has 0 amide bonds. The number of halogens is 1. The SMILES string of the molecule is O[C@@H](CSc1nnc(-c2ccc(F)cc2)o1)CN1CCOCC1. The third kappa shape index (κ3) is 4.74. The standard InChI is InChI=1S/C15H18FN3O3S/c16-12-3-1-11(2-4-12)14-17-18-15(22-14)23-10-13(20)9-19-5-7-21-8-6-19/h1-4,13,20H,5-10H2/t13-/m1/s1. The molecule has 0 bridgehead atoms. The van der Waals surface area contributed by atoms with Crippen LogP contribution >= 0.6 is 11.8 Å². The molecule has 1 aliphatic rings. The Hall–Kier alpha value is -1.48. The quantitative estimate of drug-likeness (QED) is 0.803. The molecule has 8 heteroatoms. The van der Waals surface area contributed by atoms with E-state index in [2.05, 4.69) is 15.1 Å². The van der Waals surface area contributed by atoms with Crippen LogP contribution in [0.5, 0.6) is 0 Å². The lowest BCUT2D eigenvalue weighted by atomic mass is 10.2. The van der Waals surface area contributed by atoms with Crippen LogP contribution in [-0.4, -0.2) is 64.9 Å². The molecule has 1 N–H and O–H groups in total. The van der Waals surface area contributed by atoms with Gasteiger partial charge in [-0.2, -0.15) is 0 Å². The molecule has 0 saturated carbocycles. The molecule has 2 heterocycles. The van der Waals surface area contributed by atoms with E-state index in [1.54, 1.807) is 12.1 Å². The lowest BCUT2D eigenvalue weighted by Gasteiger charge is -2.28. The number of morpholine rings is 1. The fourth-order valence-electron chi connectivity index (χ4n) is 2.28. The molecule has 1 aliphatic heterocycles. The maximum atomic E-state index is 12.9. The van der Waals surface area contributed by atoms with Crippen molar-refractivity contribution in [2.45, 2.75) is 11.3 Å². The zero-order valence-corrected chi connectivity index (χ0v) is 13.3. The highest BCUT2D eigenvalue weighted by molar-refractivity contribution is 7.99. The van der Waals surface area contributed by atoms with Crippen molar-refractivity contribution < 1.29 is 18.7 Å². The van der Waals surface area contributed by atoms with E-state index in [9.17, 15) is 9.50 Å². The van der Waals surface area contributed by atoms with Crippen molar-refractivity contribution in [1.82, 2.24) is 15.1 Å². The molecule has 124 valence electrons. The Labute approximate surface area is 137 Å². The van der Waals surface area contributed by atoms with Crippen LogP contribution < -0.4 is 0 Å². The fraction of sp³-hybridized carbons (Fsp3) is 0.467. The molecular formula is C15H18FN3O3S. The van der Waals surface area contributed by atoms with Crippen molar-refractivity contribution >= 4 is 11.8 Å². The van der Waals surface area contributed by atoms with Crippen LogP contribution in [-0.2, 0) is 4.74 Å². The number of aromatic nitrogens is 2. The molecule has 23 heavy (non-hydrogen) atoms. The number of nitrogens with zero attached hydrogens (tertiary/aromatic N) is 3. The van der Waals surface area contributed by atoms with E-state index in [0.717, 1.165) is 13.1 Å². The van der Waals surface area contributed by atoms with Gasteiger partial charge in [-0.05, 0) is 24.3 Å². The van der Waals surface area contributed by atoms with Crippen LogP contribution in [0, 0.1) is 5.82 Å². The van der Waals surface area contributed by atoms with E-state index < -0.39 is 6.10 Å². The Bertz CT molecular complexity index is 617. The number of benzene rings is 1. The average Bonchev–Trinajstić information content (AvgIpc) is 3.04. The summed E-state index contributed by atoms with van der Waals surface area (Å²) in [4.78, 5) is 2.17. The number of hydrogen-bond donors (Lipinski definition) is 1. The normalized spacial score (nSPS) is 17.3. The highest BCUT2D eigenvalue weighted by Gasteiger charge is 2.16. The Morgan fingerprint density at radius 2 is 1.96 bits per heavy atom. The average molecular weight is 339 g/mol. The van der Waals surface area contributed by atoms with Gasteiger partial charge in [0.25, 0.3) is 5.22 Å². The van der Waals surface area contributed by atoms with Gasteiger partial charge in [0, 0.05) is 31.0 Å². The van der Waals surface area contributed by atoms with Gasteiger partial charge in [-0.1, -0.05) is 11.8 Å². The molecule has 0 unspecified atom stereocenters. The predicted molar refractivity (Wildman–Crippen MR) is 83.7 cm³/mol. The minimum absolute atomic E-state index is 0.311. The number of rotatable bonds is 6. The first-order valence-corrected chi connectivity index (χ1v) is 8.39. The second-order valence-corrected chi connectivity index (χ2v) is 6.23. The molecule has 0 radical (unpaired) electrons. The largest absolute Gasteiger partial charge is 0.411 e. The number of β-amino-alcohol motifs (C(OH)–C–C–N with tert-alkyl or cyclic N) is 1. The summed E-state index contributed by atoms with van der Waals surface area (Å²) >= 11 is 1.31. The van der Waals surface area contributed by atoms with Crippen molar-refractivity contribution in [3.05, 3.63) is 30.1 Å². The Balaban J connectivity index is 1.49. The zero-order chi connectivity index (χ0) is 16.1. The van der Waals surface area contributed by atoms with Gasteiger partial charge in [-0.25, -0.2) is 4.39 Å². The van der Waals surface area contributed by atoms with Crippen LogP contribution in [0.4, 0.5) is 4.39 Å². The molecule has 0 aliphatic carbocycles. The van der Waals surface area contributed by atoms with E-state index in [1.807, 2.05) is 0 Å². The molecule has 1 saturated heterocycles. The molecular weight excluding hydrogens is 321 g/mol. The van der Waals surface area contributed by atoms with Crippen LogP contribution in [0.25, 0.3) is 11.5 Å². The van der Waals surface area contributed by atoms with Crippen molar-refractivity contribution in [1.29, 1.82) is 0 Å². The van der Waals surface area contributed by atoms with E-state index in [-0.39, 0.29) is 5.82 Å². The third-order valence-electron chi connectivity index (χ3n) is 3.47. The summed E-state index contributed by atoms with van der Waals surface area (Å²) in [6, 6.07) is 5.87. The summed E-state index contributed by atoms with van der Waals surface area (Å²) in [5.41, 5.74) is 0.666. The van der Waals surface area contributed by atoms with Crippen molar-refractivity contribution in [2.75, 3.05) is 38.6 Å². The van der Waals surface area contributed by atoms with Gasteiger partial charge < -0.3 is 14.3 Å². The Kier molecular flexibility index (Phi) is 5.60. The number of aliphatic hydroxyl groups is 1. The highest BCUT2D eigenvalue weighted by atomic mass is 32.2. The maximum Gasteiger partial charge on any atom is 0.276 e. The van der Waals surface area contributed by atoms with Gasteiger partial charge in [0.15, 0.2) is 0 Å². The Morgan fingerprint density at radius 3 is 2.70 bits per heavy atom. The van der Waals surface area contributed by atoms with Gasteiger partial charge in [-0.3, -0.25) is 4.90 Å². The van der Waals surface area contributed by atoms with Crippen LogP contribution in [0.1, 0.15) is 0 Å². The Morgan fingerprint density at radius 1 is 1.22 bits per heavy atom. The van der Waals surface area contributed by atoms with E-state index in [4.69, 9.17) is 9.15 Å². The van der Waals surface area contributed by atoms with Crippen molar-refractivity contribution in [3.8, 4) is 11.5 Å². The van der Waals surface area contributed by atoms with Gasteiger partial charge in [-0.15, -0.1) is 10.2 Å². The third-order valence-corrected chi connectivity index (χ3v) is 4.43. The molecule has 3 rings (SSSR count). The van der Waals surface area contributed by atoms with Crippen LogP contribution in [0.15, 0.2) is 33.9 Å². The topological polar surface area (TPSA) is 71.6 Å². The second kappa shape index (κ2) is 7.87. The molecule has 1 fully saturated rings. The van der Waals surface area contributed by atoms with Gasteiger partial charge >= 0.3 is 0 Å². The minimum atomic E-state index is -0.473. The lowest BCUT2D eigenvalue weighted by molar-refractivity contribution is 0.0188. The molecule has 1 aromatic heterocycles. The number of ether oxygens (including phenoxy) is 1. The minimum Gasteiger partial charge on any atom is -0.411 e. The summed E-state index contributed by atoms with van der Waals surface area (Å²) in [6.45, 7) is 3.72. The molecule has 0 spiro atoms. The van der Waals surface area contributed by atoms with Gasteiger partial charge in [0.2, 0.25) is 5.89 Å². The first-order chi connectivity index (χ1) is 11.2. The monoisotopic (exact) mass is 339 g/mol. The second-order valence-electron chi connectivity index (χ2n) is 5.26. The predicted octanol–water partition coefficient (Wildman–Crippen LogP) is 1.66. The number of thioether (sulfide) groups is 1. The number of aliphatic hydroxyl groups excluding tert-OH is 1. The lowest BCUT2D eigenvalue weighted by Crippen LogP contribution is -2.41. The van der Waals surface area contributed by atoms with Crippen molar-refractivity contribution in [2.24, 2.45) is 0 Å². The van der Waals surface area contributed by atoms with E-state index in [1.165, 1.54) is 23.9 Å². The zero-order valence-electron chi connectivity index (χ0n) is 12.5. The maximum absolute atomic E-state index is 12.9. The molecule has 1 aromatic carbocycles. The first kappa shape index (κ1) is 16.4. The summed E-state index contributed by atoms with van der Waals surface area (Å²) < 4.78 is 23.7. The van der Waals surface area contributed by atoms with Gasteiger partial charge in [0.05, 0.1) is 19.3 Å². The summed E-state index contributed by atoms with van der Waals surface area (Å²) in [6.07, 6.45) is -0.473. The van der Waals surface area contributed by atoms with E-state index in [0.29, 0.717) is 42.2 Å².